The molecule has 0 bridgehead atoms. The highest BCUT2D eigenvalue weighted by Crippen LogP contribution is 2.22. The summed E-state index contributed by atoms with van der Waals surface area (Å²) in [4.78, 5) is 12.5. The molecule has 0 aliphatic rings. The van der Waals surface area contributed by atoms with Crippen LogP contribution in [0, 0.1) is 0 Å². The second-order valence-corrected chi connectivity index (χ2v) is 7.95. The zero-order valence-electron chi connectivity index (χ0n) is 14.2. The number of halogens is 1. The summed E-state index contributed by atoms with van der Waals surface area (Å²) in [5.41, 5.74) is 1.51. The molecule has 0 fully saturated rings. The lowest BCUT2D eigenvalue weighted by atomic mass is 10.2. The quantitative estimate of drug-likeness (QED) is 0.654. The summed E-state index contributed by atoms with van der Waals surface area (Å²) in [6, 6.07) is 22.1. The zero-order valence-corrected chi connectivity index (χ0v) is 15.8. The topological polar surface area (TPSA) is 75.3 Å². The molecule has 3 aromatic rings. The molecule has 7 heteroatoms. The molecule has 0 saturated heterocycles. The van der Waals surface area contributed by atoms with Gasteiger partial charge in [0.2, 0.25) is 10.0 Å². The summed E-state index contributed by atoms with van der Waals surface area (Å²) in [6.07, 6.45) is 0. The highest BCUT2D eigenvalue weighted by atomic mass is 35.5. The van der Waals surface area contributed by atoms with E-state index < -0.39 is 15.9 Å². The monoisotopic (exact) mass is 400 g/mol. The van der Waals surface area contributed by atoms with E-state index in [2.05, 4.69) is 10.0 Å². The fourth-order valence-electron chi connectivity index (χ4n) is 2.42. The molecular weight excluding hydrogens is 384 g/mol. The van der Waals surface area contributed by atoms with Crippen LogP contribution in [0.25, 0.3) is 0 Å². The Balaban J connectivity index is 1.80. The van der Waals surface area contributed by atoms with E-state index in [1.165, 1.54) is 18.2 Å². The van der Waals surface area contributed by atoms with E-state index in [1.54, 1.807) is 24.3 Å². The molecule has 3 rings (SSSR count). The molecule has 0 heterocycles. The molecule has 0 saturated carbocycles. The second kappa shape index (κ2) is 8.35. The van der Waals surface area contributed by atoms with Gasteiger partial charge in [0.05, 0.1) is 15.5 Å². The first-order valence-corrected chi connectivity index (χ1v) is 10.0. The third-order valence-electron chi connectivity index (χ3n) is 3.83. The van der Waals surface area contributed by atoms with Crippen LogP contribution < -0.4 is 10.0 Å². The van der Waals surface area contributed by atoms with Gasteiger partial charge in [-0.25, -0.2) is 13.1 Å². The predicted molar refractivity (Wildman–Crippen MR) is 106 cm³/mol. The summed E-state index contributed by atoms with van der Waals surface area (Å²) in [6.45, 7) is 0.150. The summed E-state index contributed by atoms with van der Waals surface area (Å²) in [5, 5.41) is 2.87. The van der Waals surface area contributed by atoms with E-state index in [-0.39, 0.29) is 22.0 Å². The number of sulfonamides is 1. The van der Waals surface area contributed by atoms with Gasteiger partial charge < -0.3 is 5.32 Å². The predicted octanol–water partition coefficient (Wildman–Crippen LogP) is 4.07. The van der Waals surface area contributed by atoms with Crippen LogP contribution >= 0.6 is 11.6 Å². The second-order valence-electron chi connectivity index (χ2n) is 5.77. The molecule has 2 N–H and O–H groups in total. The number of amides is 1. The van der Waals surface area contributed by atoms with E-state index in [4.69, 9.17) is 11.6 Å². The molecule has 0 radical (unpaired) electrons. The Bertz CT molecular complexity index is 1040. The van der Waals surface area contributed by atoms with E-state index in [9.17, 15) is 13.2 Å². The van der Waals surface area contributed by atoms with Crippen LogP contribution in [0.4, 0.5) is 5.69 Å². The van der Waals surface area contributed by atoms with Gasteiger partial charge in [-0.1, -0.05) is 60.1 Å². The van der Waals surface area contributed by atoms with Gasteiger partial charge in [-0.05, 0) is 35.9 Å². The van der Waals surface area contributed by atoms with E-state index in [1.807, 2.05) is 36.4 Å². The third-order valence-corrected chi connectivity index (χ3v) is 5.56. The van der Waals surface area contributed by atoms with Crippen molar-refractivity contribution in [3.63, 3.8) is 0 Å². The van der Waals surface area contributed by atoms with Crippen molar-refractivity contribution in [3.05, 3.63) is 95.0 Å². The maximum absolute atomic E-state index is 12.6. The number of carbonyl (C=O) groups excluding carboxylic acids is 1. The minimum absolute atomic E-state index is 0.0268. The van der Waals surface area contributed by atoms with E-state index in [0.717, 1.165) is 5.56 Å². The molecule has 0 spiro atoms. The summed E-state index contributed by atoms with van der Waals surface area (Å²) < 4.78 is 27.7. The van der Waals surface area contributed by atoms with Gasteiger partial charge >= 0.3 is 0 Å². The van der Waals surface area contributed by atoms with Crippen LogP contribution in [0.15, 0.2) is 83.8 Å². The Morgan fingerprint density at radius 1 is 0.889 bits per heavy atom. The van der Waals surface area contributed by atoms with Crippen molar-refractivity contribution >= 4 is 33.2 Å². The average Bonchev–Trinajstić information content (AvgIpc) is 2.68. The fraction of sp³-hybridized carbons (Fsp3) is 0.0500. The Morgan fingerprint density at radius 2 is 1.52 bits per heavy atom. The number of hydrogen-bond donors (Lipinski definition) is 2. The number of anilines is 1. The Hall–Kier alpha value is -2.67. The highest BCUT2D eigenvalue weighted by molar-refractivity contribution is 7.89. The normalized spacial score (nSPS) is 11.1. The lowest BCUT2D eigenvalue weighted by Crippen LogP contribution is -2.24. The van der Waals surface area contributed by atoms with Crippen molar-refractivity contribution in [2.24, 2.45) is 0 Å². The Kier molecular flexibility index (Phi) is 5.91. The van der Waals surface area contributed by atoms with Gasteiger partial charge in [0, 0.05) is 12.2 Å². The molecule has 3 aromatic carbocycles. The summed E-state index contributed by atoms with van der Waals surface area (Å²) in [7, 11) is -3.79. The number of rotatable bonds is 6. The maximum Gasteiger partial charge on any atom is 0.257 e. The molecule has 1 amide bonds. The number of para-hydroxylation sites is 1. The molecule has 0 aromatic heterocycles. The highest BCUT2D eigenvalue weighted by Gasteiger charge is 2.19. The number of hydrogen-bond acceptors (Lipinski definition) is 3. The molecule has 138 valence electrons. The van der Waals surface area contributed by atoms with Crippen LogP contribution in [0.2, 0.25) is 5.02 Å². The SMILES string of the molecule is O=C(Nc1ccccc1)c1cc(S(=O)(=O)NCc2ccccc2)ccc1Cl. The van der Waals surface area contributed by atoms with Crippen molar-refractivity contribution in [1.82, 2.24) is 4.72 Å². The first kappa shape index (κ1) is 19.1. The molecule has 0 atom stereocenters. The molecule has 0 aliphatic heterocycles. The first-order chi connectivity index (χ1) is 13.0. The lowest BCUT2D eigenvalue weighted by Gasteiger charge is -2.10. The Morgan fingerprint density at radius 3 is 2.19 bits per heavy atom. The van der Waals surface area contributed by atoms with Crippen molar-refractivity contribution in [2.75, 3.05) is 5.32 Å². The van der Waals surface area contributed by atoms with Crippen LogP contribution in [0.5, 0.6) is 0 Å². The maximum atomic E-state index is 12.6. The molecule has 0 aliphatic carbocycles. The van der Waals surface area contributed by atoms with Crippen molar-refractivity contribution in [3.8, 4) is 0 Å². The summed E-state index contributed by atoms with van der Waals surface area (Å²) in [5.74, 6) is -0.480. The van der Waals surface area contributed by atoms with Gasteiger partial charge in [-0.15, -0.1) is 0 Å². The molecule has 0 unspecified atom stereocenters. The van der Waals surface area contributed by atoms with Crippen molar-refractivity contribution in [2.45, 2.75) is 11.4 Å². The molecule has 5 nitrogen and oxygen atoms in total. The van der Waals surface area contributed by atoms with E-state index in [0.29, 0.717) is 5.69 Å². The van der Waals surface area contributed by atoms with Crippen molar-refractivity contribution < 1.29 is 13.2 Å². The van der Waals surface area contributed by atoms with Gasteiger partial charge in [0.1, 0.15) is 0 Å². The van der Waals surface area contributed by atoms with Gasteiger partial charge in [-0.3, -0.25) is 4.79 Å². The number of benzene rings is 3. The van der Waals surface area contributed by atoms with Crippen LogP contribution in [-0.4, -0.2) is 14.3 Å². The van der Waals surface area contributed by atoms with Crippen LogP contribution in [0.3, 0.4) is 0 Å². The minimum Gasteiger partial charge on any atom is -0.322 e. The standard InChI is InChI=1S/C20H17ClN2O3S/c21-19-12-11-17(27(25,26)22-14-15-7-3-1-4-8-15)13-18(19)20(24)23-16-9-5-2-6-10-16/h1-13,22H,14H2,(H,23,24). The lowest BCUT2D eigenvalue weighted by molar-refractivity contribution is 0.102. The minimum atomic E-state index is -3.79. The molecule has 27 heavy (non-hydrogen) atoms. The third kappa shape index (κ3) is 4.95. The number of carbonyl (C=O) groups is 1. The average molecular weight is 401 g/mol. The van der Waals surface area contributed by atoms with E-state index >= 15 is 0 Å². The Labute approximate surface area is 163 Å². The van der Waals surface area contributed by atoms with Gasteiger partial charge in [0.15, 0.2) is 0 Å². The van der Waals surface area contributed by atoms with Crippen molar-refractivity contribution in [1.29, 1.82) is 0 Å². The van der Waals surface area contributed by atoms with Gasteiger partial charge in [-0.2, -0.15) is 0 Å². The first-order valence-electron chi connectivity index (χ1n) is 8.15. The van der Waals surface area contributed by atoms with Gasteiger partial charge in [0.25, 0.3) is 5.91 Å². The number of nitrogens with one attached hydrogen (secondary N) is 2. The fourth-order valence-corrected chi connectivity index (χ4v) is 3.67. The largest absolute Gasteiger partial charge is 0.322 e. The zero-order chi connectivity index (χ0) is 19.3. The van der Waals surface area contributed by atoms with Crippen LogP contribution in [-0.2, 0) is 16.6 Å². The molecular formula is C20H17ClN2O3S. The van der Waals surface area contributed by atoms with Crippen LogP contribution in [0.1, 0.15) is 15.9 Å². The summed E-state index contributed by atoms with van der Waals surface area (Å²) >= 11 is 6.10. The smallest absolute Gasteiger partial charge is 0.257 e.